The number of hydrogen-bond acceptors (Lipinski definition) is 13. The number of hydrogen-bond donors (Lipinski definition) is 3. The minimum absolute atomic E-state index is 0.0341. The van der Waals surface area contributed by atoms with E-state index in [1.807, 2.05) is 39.8 Å². The molecule has 2 heterocycles. The van der Waals surface area contributed by atoms with Gasteiger partial charge in [0.25, 0.3) is 19.3 Å². The number of unbranched alkanes of at least 4 members (excludes halogenated alkanes) is 3. The van der Waals surface area contributed by atoms with E-state index in [4.69, 9.17) is 27.7 Å². The zero-order valence-corrected chi connectivity index (χ0v) is 39.0. The highest BCUT2D eigenvalue weighted by Gasteiger charge is 2.34. The number of nitrogens with zero attached hydrogens (tertiary/aromatic N) is 2. The largest absolute Gasteiger partial charge is 0.493 e. The molecule has 3 N–H and O–H groups in total. The van der Waals surface area contributed by atoms with Crippen molar-refractivity contribution in [2.45, 2.75) is 99.0 Å². The molecule has 4 rings (SSSR count). The van der Waals surface area contributed by atoms with E-state index in [-0.39, 0.29) is 50.7 Å². The van der Waals surface area contributed by atoms with E-state index < -0.39 is 43.2 Å². The Morgan fingerprint density at radius 3 is 2.34 bits per heavy atom. The van der Waals surface area contributed by atoms with Crippen LogP contribution in [-0.2, 0) is 39.2 Å². The van der Waals surface area contributed by atoms with E-state index in [0.29, 0.717) is 67.8 Å². The highest BCUT2D eigenvalue weighted by molar-refractivity contribution is 7.54. The number of ether oxygens (including phenoxy) is 2. The molecule has 4 amide bonds. The number of carbonyl (C=O) groups is 5. The number of benzene rings is 2. The maximum Gasteiger partial charge on any atom is 0.363 e. The predicted molar refractivity (Wildman–Crippen MR) is 243 cm³/mol. The van der Waals surface area contributed by atoms with Crippen LogP contribution < -0.4 is 20.7 Å². The van der Waals surface area contributed by atoms with Gasteiger partial charge in [-0.3, -0.25) is 28.6 Å². The number of hydroxylamine groups is 2. The quantitative estimate of drug-likeness (QED) is 0.0176. The molecule has 3 atom stereocenters. The van der Waals surface area contributed by atoms with Gasteiger partial charge in [-0.05, 0) is 74.6 Å². The molecule has 0 spiro atoms. The number of carbonyl (C=O) groups excluding carboxylic acids is 5. The first-order valence-electron chi connectivity index (χ1n) is 22.3. The lowest BCUT2D eigenvalue weighted by Crippen LogP contribution is -2.49. The number of amides is 4. The van der Waals surface area contributed by atoms with Crippen molar-refractivity contribution >= 4 is 45.2 Å². The van der Waals surface area contributed by atoms with Crippen molar-refractivity contribution in [3.8, 4) is 17.1 Å². The third-order valence-corrected chi connectivity index (χ3v) is 12.4. The minimum atomic E-state index is -3.56. The van der Waals surface area contributed by atoms with Crippen molar-refractivity contribution in [1.29, 1.82) is 0 Å². The number of nitrogens with one attached hydrogen (secondary N) is 3. The molecule has 350 valence electrons. The molecule has 3 aromatic rings. The van der Waals surface area contributed by atoms with Crippen molar-refractivity contribution in [3.05, 3.63) is 76.5 Å². The molecule has 1 aliphatic heterocycles. The van der Waals surface area contributed by atoms with Crippen LogP contribution in [0.2, 0.25) is 6.82 Å². The Labute approximate surface area is 377 Å². The monoisotopic (exact) mass is 909 g/mol. The van der Waals surface area contributed by atoms with E-state index >= 15 is 0 Å². The van der Waals surface area contributed by atoms with E-state index in [0.717, 1.165) is 49.5 Å². The van der Waals surface area contributed by atoms with Crippen molar-refractivity contribution in [3.63, 3.8) is 0 Å². The van der Waals surface area contributed by atoms with Gasteiger partial charge in [0.2, 0.25) is 12.3 Å². The lowest BCUT2D eigenvalue weighted by Gasteiger charge is -2.32. The second-order valence-corrected chi connectivity index (χ2v) is 17.4. The normalized spacial score (nSPS) is 14.7. The van der Waals surface area contributed by atoms with Crippen LogP contribution >= 0.6 is 7.60 Å². The van der Waals surface area contributed by atoms with E-state index in [2.05, 4.69) is 20.9 Å². The first kappa shape index (κ1) is 51.6. The molecule has 17 nitrogen and oxygen atoms in total. The second-order valence-electron chi connectivity index (χ2n) is 15.4. The SMILES string of the molecule is CBOP(=O)(CNC(=O)c1ccc(-c2ccc(C(=O)NCNC(=O)[C@H](CCCCC)[C@@H](CC)N(C=O)OC(=O)c3ccc(CN4CCOCC4)cc3C)o2)cc1OCC)OCCCC. The number of furan rings is 1. The molecule has 0 bridgehead atoms. The van der Waals surface area contributed by atoms with Crippen LogP contribution in [-0.4, -0.2) is 106 Å². The fourth-order valence-corrected chi connectivity index (χ4v) is 8.65. The Morgan fingerprint density at radius 2 is 1.67 bits per heavy atom. The van der Waals surface area contributed by atoms with Gasteiger partial charge in [-0.2, -0.15) is 5.06 Å². The maximum atomic E-state index is 13.8. The van der Waals surface area contributed by atoms with Crippen molar-refractivity contribution in [1.82, 2.24) is 25.9 Å². The summed E-state index contributed by atoms with van der Waals surface area (Å²) in [4.78, 5) is 74.0. The van der Waals surface area contributed by atoms with E-state index in [1.165, 1.54) is 12.1 Å². The first-order chi connectivity index (χ1) is 30.9. The van der Waals surface area contributed by atoms with Crippen LogP contribution in [0.25, 0.3) is 11.3 Å². The summed E-state index contributed by atoms with van der Waals surface area (Å²) in [6.45, 7) is 15.1. The van der Waals surface area contributed by atoms with E-state index in [9.17, 15) is 28.5 Å². The molecule has 1 unspecified atom stereocenters. The Hall–Kier alpha value is -5.00. The third-order valence-electron chi connectivity index (χ3n) is 10.7. The van der Waals surface area contributed by atoms with Crippen LogP contribution in [0.1, 0.15) is 115 Å². The zero-order valence-electron chi connectivity index (χ0n) is 38.1. The van der Waals surface area contributed by atoms with Gasteiger partial charge in [0.1, 0.15) is 17.8 Å². The molecule has 1 saturated heterocycles. The average molecular weight is 910 g/mol. The molecular weight excluding hydrogens is 844 g/mol. The van der Waals surface area contributed by atoms with Crippen LogP contribution in [0.4, 0.5) is 0 Å². The Kier molecular flexibility index (Phi) is 21.6. The van der Waals surface area contributed by atoms with Gasteiger partial charge in [-0.1, -0.05) is 71.5 Å². The summed E-state index contributed by atoms with van der Waals surface area (Å²) in [5.41, 5.74) is 2.78. The van der Waals surface area contributed by atoms with Gasteiger partial charge < -0.3 is 43.6 Å². The number of morpholine rings is 1. The Balaban J connectivity index is 1.38. The molecule has 1 aromatic heterocycles. The molecular formula is C45H65BN5O12P. The Bertz CT molecular complexity index is 2040. The van der Waals surface area contributed by atoms with Crippen LogP contribution in [0.3, 0.4) is 0 Å². The number of rotatable bonds is 28. The lowest BCUT2D eigenvalue weighted by molar-refractivity contribution is -0.171. The Morgan fingerprint density at radius 1 is 0.922 bits per heavy atom. The maximum absolute atomic E-state index is 13.8. The van der Waals surface area contributed by atoms with Gasteiger partial charge in [0.15, 0.2) is 5.76 Å². The first-order valence-corrected chi connectivity index (χ1v) is 24.1. The molecule has 0 saturated carbocycles. The zero-order chi connectivity index (χ0) is 46.5. The van der Waals surface area contributed by atoms with Gasteiger partial charge in [-0.15, -0.1) is 0 Å². The fourth-order valence-electron chi connectivity index (χ4n) is 7.26. The molecule has 1 fully saturated rings. The van der Waals surface area contributed by atoms with Gasteiger partial charge >= 0.3 is 13.6 Å². The lowest BCUT2D eigenvalue weighted by atomic mass is 9.90. The van der Waals surface area contributed by atoms with Crippen LogP contribution in [0.15, 0.2) is 52.9 Å². The van der Waals surface area contributed by atoms with Crippen molar-refractivity contribution in [2.24, 2.45) is 5.92 Å². The minimum Gasteiger partial charge on any atom is -0.493 e. The van der Waals surface area contributed by atoms with Crippen molar-refractivity contribution < 1.29 is 56.2 Å². The summed E-state index contributed by atoms with van der Waals surface area (Å²) in [6.07, 6.45) is 4.84. The van der Waals surface area contributed by atoms with Gasteiger partial charge in [-0.25, -0.2) is 4.79 Å². The van der Waals surface area contributed by atoms with E-state index in [1.54, 1.807) is 38.0 Å². The highest BCUT2D eigenvalue weighted by Crippen LogP contribution is 2.46. The standard InChI is InChI=1S/C45H65BN5O12P/c1-7-11-13-14-36(38(9-3)51(31-52)62-45(56)35-17-15-33(26-32(35)5)28-50-21-24-58-25-22-50)42(53)47-29-48-44(55)40-20-19-39(61-40)34-16-18-37(41(27-34)59-10-4)43(54)49-30-64(57,63-46-6)60-23-12-8-2/h15-20,26-27,31,36,38,46H,7-14,21-25,28-30H2,1-6H3,(H,47,53)(H,48,55)(H,49,54)/t36-,38-,64?/m1/s1. The predicted octanol–water partition coefficient (Wildman–Crippen LogP) is 6.61. The summed E-state index contributed by atoms with van der Waals surface area (Å²) in [6, 6.07) is 12.6. The molecule has 0 aliphatic carbocycles. The second kappa shape index (κ2) is 26.7. The summed E-state index contributed by atoms with van der Waals surface area (Å²) >= 11 is 0. The van der Waals surface area contributed by atoms with Crippen LogP contribution in [0, 0.1) is 12.8 Å². The number of aryl methyl sites for hydroxylation is 1. The van der Waals surface area contributed by atoms with Gasteiger partial charge in [0.05, 0.1) is 56.2 Å². The third kappa shape index (κ3) is 15.3. The average Bonchev–Trinajstić information content (AvgIpc) is 3.79. The summed E-state index contributed by atoms with van der Waals surface area (Å²) in [5.74, 6) is -2.50. The molecule has 19 heteroatoms. The highest BCUT2D eigenvalue weighted by atomic mass is 31.2. The molecule has 2 aromatic carbocycles. The van der Waals surface area contributed by atoms with Gasteiger partial charge in [0, 0.05) is 25.2 Å². The fraction of sp³-hybridized carbons (Fsp3) is 0.533. The molecule has 1 aliphatic rings. The summed E-state index contributed by atoms with van der Waals surface area (Å²) in [7, 11) is -3.40. The molecule has 64 heavy (non-hydrogen) atoms. The molecule has 0 radical (unpaired) electrons. The smallest absolute Gasteiger partial charge is 0.363 e. The summed E-state index contributed by atoms with van der Waals surface area (Å²) in [5, 5.41) is 8.98. The summed E-state index contributed by atoms with van der Waals surface area (Å²) < 4.78 is 41.1. The van der Waals surface area contributed by atoms with Crippen LogP contribution in [0.5, 0.6) is 5.75 Å². The van der Waals surface area contributed by atoms with Crippen molar-refractivity contribution in [2.75, 3.05) is 52.5 Å². The topological polar surface area (TPSA) is 204 Å².